The van der Waals surface area contributed by atoms with Gasteiger partial charge in [0.1, 0.15) is 29.6 Å². The third-order valence-electron chi connectivity index (χ3n) is 15.9. The van der Waals surface area contributed by atoms with E-state index >= 15 is 0 Å². The standard InChI is InChI=1S/C29H36IN5O3.C18H26N2O2.C11H11ClIN3O.CH3F.CH4.FH2N/c1-28(2,3)38-27(36)32-24-20-9-5-4-8-19(20)18-29(24)13-15-34(16-14-29)22-12-11-21-25(30)33-35(26(21)31-22)23-10-6-7-17-37-23;1-17(2,3)22-16(21)20-15-14-7-5-4-6-13(14)12-18(15)8-10-19-11-9-18;12-8-5-4-7-10(13)15-16(11(7)14-8)9-3-1-2-6-17-9;1-2;;1-2/h4-5,8-9,11-12,23-24H,6-7,10,13-18H2,1-3H3,(H,32,36);4-7,15,19H,8-12H2,1-3H3,(H,20,21);4-5,9H,1-3,6H2;1H3;1H4;2H2/t23?,24-;15-;;;;/m11..../s1. The Morgan fingerprint density at radius 2 is 1.11 bits per heavy atom. The molecule has 12 rings (SSSR count). The molecule has 4 saturated heterocycles. The summed E-state index contributed by atoms with van der Waals surface area (Å²) in [7, 11) is 0.500. The van der Waals surface area contributed by atoms with E-state index in [2.05, 4.69) is 143 Å². The van der Waals surface area contributed by atoms with E-state index < -0.39 is 11.2 Å². The molecule has 4 atom stereocenters. The number of hydrogen-bond acceptors (Lipinski definition) is 13. The first-order valence-corrected chi connectivity index (χ1v) is 30.6. The van der Waals surface area contributed by atoms with Crippen molar-refractivity contribution in [2.75, 3.05) is 51.5 Å². The van der Waals surface area contributed by atoms with E-state index in [-0.39, 0.29) is 55.0 Å². The summed E-state index contributed by atoms with van der Waals surface area (Å²) in [6, 6.07) is 25.0. The molecule has 6 aromatic rings. The Hall–Kier alpha value is -4.53. The lowest BCUT2D eigenvalue weighted by Crippen LogP contribution is -2.47. The molecular formula is C60H82ClF2I2N11O6. The van der Waals surface area contributed by atoms with Gasteiger partial charge in [0.25, 0.3) is 0 Å². The Morgan fingerprint density at radius 1 is 0.671 bits per heavy atom. The normalized spacial score (nSPS) is 21.4. The number of rotatable bonds is 5. The Kier molecular flexibility index (Phi) is 22.7. The summed E-state index contributed by atoms with van der Waals surface area (Å²) in [5, 5.41) is 21.7. The Labute approximate surface area is 513 Å². The SMILES string of the molecule is C.CC(C)(C)OC(=O)N[C@@H]1c2ccccc2CC12CCN(c1ccc3c(I)nn(C4CCCCO4)c3n1)CC2.CC(C)(C)OC(=O)N[C@@H]1c2ccccc2CC12CCNCC2.CF.Clc1ccc2c(I)nn(C3CCCCO3)c2n1.NF. The van der Waals surface area contributed by atoms with Gasteiger partial charge in [-0.25, -0.2) is 28.9 Å². The number of amides is 2. The van der Waals surface area contributed by atoms with Crippen molar-refractivity contribution in [2.24, 2.45) is 16.8 Å². The van der Waals surface area contributed by atoms with Gasteiger partial charge in [-0.05, 0) is 223 Å². The van der Waals surface area contributed by atoms with Crippen LogP contribution in [0.3, 0.4) is 0 Å². The minimum atomic E-state index is -0.532. The fraction of sp³-hybridized carbons (Fsp3) is 0.567. The Morgan fingerprint density at radius 3 is 1.56 bits per heavy atom. The molecule has 22 heteroatoms. The van der Waals surface area contributed by atoms with Crippen molar-refractivity contribution < 1.29 is 37.4 Å². The number of halogens is 5. The summed E-state index contributed by atoms with van der Waals surface area (Å²) in [6.45, 7) is 16.8. The number of nitrogens with two attached hydrogens (primary N) is 1. The summed E-state index contributed by atoms with van der Waals surface area (Å²) in [5.41, 5.74) is 5.98. The number of nitrogens with one attached hydrogen (secondary N) is 3. The summed E-state index contributed by atoms with van der Waals surface area (Å²) < 4.78 is 47.2. The van der Waals surface area contributed by atoms with E-state index in [4.69, 9.17) is 45.1 Å². The van der Waals surface area contributed by atoms with Crippen molar-refractivity contribution in [2.45, 2.75) is 162 Å². The topological polar surface area (TPSA) is 198 Å². The molecule has 82 heavy (non-hydrogen) atoms. The largest absolute Gasteiger partial charge is 0.444 e. The van der Waals surface area contributed by atoms with Crippen LogP contribution < -0.4 is 26.8 Å². The van der Waals surface area contributed by atoms with Gasteiger partial charge in [-0.3, -0.25) is 4.39 Å². The first-order valence-electron chi connectivity index (χ1n) is 28.1. The predicted molar refractivity (Wildman–Crippen MR) is 335 cm³/mol. The lowest BCUT2D eigenvalue weighted by molar-refractivity contribution is -0.0373. The molecule has 17 nitrogen and oxygen atoms in total. The number of carbonyl (C=O) groups excluding carboxylic acids is 2. The zero-order valence-corrected chi connectivity index (χ0v) is 52.6. The van der Waals surface area contributed by atoms with Crippen LogP contribution in [-0.2, 0) is 31.8 Å². The maximum Gasteiger partial charge on any atom is 0.408 e. The number of piperidine rings is 2. The molecule has 0 radical (unpaired) electrons. The van der Waals surface area contributed by atoms with Gasteiger partial charge in [0.05, 0.1) is 30.0 Å². The minimum Gasteiger partial charge on any atom is -0.444 e. The molecule has 0 saturated carbocycles. The summed E-state index contributed by atoms with van der Waals surface area (Å²) in [4.78, 5) is 37.0. The average Bonchev–Trinajstić information content (AvgIpc) is 4.17. The molecule has 4 aliphatic heterocycles. The van der Waals surface area contributed by atoms with Crippen LogP contribution >= 0.6 is 56.8 Å². The van der Waals surface area contributed by atoms with Gasteiger partial charge in [0.2, 0.25) is 0 Å². The van der Waals surface area contributed by atoms with Gasteiger partial charge in [-0.1, -0.05) is 67.6 Å². The molecule has 6 aliphatic rings. The second-order valence-corrected chi connectivity index (χ2v) is 26.0. The van der Waals surface area contributed by atoms with E-state index in [0.29, 0.717) is 12.3 Å². The smallest absolute Gasteiger partial charge is 0.408 e. The van der Waals surface area contributed by atoms with E-state index in [0.717, 1.165) is 145 Å². The third kappa shape index (κ3) is 15.3. The van der Waals surface area contributed by atoms with E-state index in [9.17, 15) is 14.0 Å². The molecule has 2 amide bonds. The fourth-order valence-electron chi connectivity index (χ4n) is 12.3. The number of anilines is 1. The summed E-state index contributed by atoms with van der Waals surface area (Å²) in [6.07, 6.45) is 11.9. The van der Waals surface area contributed by atoms with Crippen molar-refractivity contribution in [3.8, 4) is 0 Å². The molecule has 4 fully saturated rings. The number of carbonyl (C=O) groups is 2. The second kappa shape index (κ2) is 28.6. The highest BCUT2D eigenvalue weighted by Gasteiger charge is 2.50. The molecular weight excluding hydrogens is 1300 g/mol. The van der Waals surface area contributed by atoms with Gasteiger partial charge in [-0.15, -0.1) is 4.48 Å². The molecule has 5 N–H and O–H groups in total. The summed E-state index contributed by atoms with van der Waals surface area (Å²) in [5.74, 6) is 3.98. The van der Waals surface area contributed by atoms with Crippen molar-refractivity contribution >= 4 is 96.9 Å². The number of ether oxygens (including phenoxy) is 4. The number of hydrogen-bond donors (Lipinski definition) is 4. The zero-order chi connectivity index (χ0) is 58.1. The van der Waals surface area contributed by atoms with Crippen molar-refractivity contribution in [3.05, 3.63) is 108 Å². The summed E-state index contributed by atoms with van der Waals surface area (Å²) >= 11 is 10.5. The first-order chi connectivity index (χ1) is 38.9. The molecule has 2 aliphatic carbocycles. The molecule has 2 unspecified atom stereocenters. The quantitative estimate of drug-likeness (QED) is 0.0723. The highest BCUT2D eigenvalue weighted by Crippen LogP contribution is 2.53. The highest BCUT2D eigenvalue weighted by molar-refractivity contribution is 14.1. The number of benzene rings is 2. The fourth-order valence-corrected chi connectivity index (χ4v) is 13.7. The lowest BCUT2D eigenvalue weighted by atomic mass is 9.72. The van der Waals surface area contributed by atoms with Crippen LogP contribution in [-0.4, -0.2) is 99.5 Å². The van der Waals surface area contributed by atoms with E-state index in [1.54, 1.807) is 6.07 Å². The number of aromatic nitrogens is 6. The molecule has 4 aromatic heterocycles. The van der Waals surface area contributed by atoms with Gasteiger partial charge in [0, 0.05) is 37.1 Å². The zero-order valence-electron chi connectivity index (χ0n) is 47.5. The van der Waals surface area contributed by atoms with E-state index in [1.807, 2.05) is 57.0 Å². The maximum atomic E-state index is 12.9. The van der Waals surface area contributed by atoms with Crippen molar-refractivity contribution in [3.63, 3.8) is 0 Å². The van der Waals surface area contributed by atoms with Gasteiger partial charge in [0.15, 0.2) is 23.8 Å². The van der Waals surface area contributed by atoms with Crippen LogP contribution in [0.25, 0.3) is 22.1 Å². The Balaban J connectivity index is 0.000000186. The molecule has 448 valence electrons. The average molecular weight is 1380 g/mol. The highest BCUT2D eigenvalue weighted by atomic mass is 127. The van der Waals surface area contributed by atoms with Crippen LogP contribution in [0.15, 0.2) is 72.8 Å². The van der Waals surface area contributed by atoms with Crippen molar-refractivity contribution in [1.29, 1.82) is 0 Å². The van der Waals surface area contributed by atoms with Crippen LogP contribution in [0.2, 0.25) is 5.15 Å². The van der Waals surface area contributed by atoms with Crippen LogP contribution in [0, 0.1) is 18.2 Å². The van der Waals surface area contributed by atoms with Crippen LogP contribution in [0.4, 0.5) is 24.3 Å². The minimum absolute atomic E-state index is 0. The first kappa shape index (κ1) is 65.0. The van der Waals surface area contributed by atoms with Gasteiger partial charge >= 0.3 is 12.2 Å². The van der Waals surface area contributed by atoms with Crippen LogP contribution in [0.1, 0.15) is 160 Å². The predicted octanol–water partition coefficient (Wildman–Crippen LogP) is 13.8. The number of fused-ring (bicyclic) bond motifs is 4. The molecule has 2 aromatic carbocycles. The monoisotopic (exact) mass is 1380 g/mol. The third-order valence-corrected chi connectivity index (χ3v) is 17.7. The number of alkyl halides is 1. The number of pyridine rings is 2. The number of nitrogens with zero attached hydrogens (tertiary/aromatic N) is 7. The molecule has 8 heterocycles. The van der Waals surface area contributed by atoms with Gasteiger partial charge in [-0.2, -0.15) is 16.2 Å². The second-order valence-electron chi connectivity index (χ2n) is 23.5. The Bertz CT molecular complexity index is 3070. The number of alkyl carbamates (subject to hydrolysis) is 2. The van der Waals surface area contributed by atoms with Crippen LogP contribution in [0.5, 0.6) is 0 Å². The van der Waals surface area contributed by atoms with Crippen molar-refractivity contribution in [1.82, 2.24) is 45.5 Å². The molecule has 0 bridgehead atoms. The maximum absolute atomic E-state index is 12.9. The van der Waals surface area contributed by atoms with Gasteiger partial charge < -0.3 is 39.8 Å². The molecule has 2 spiro atoms. The lowest BCUT2D eigenvalue weighted by Gasteiger charge is -2.44. The van der Waals surface area contributed by atoms with E-state index in [1.165, 1.54) is 28.7 Å².